The number of fused-ring (bicyclic) bond motifs is 1. The molecule has 1 saturated carbocycles. The molecule has 0 bridgehead atoms. The SMILES string of the molecule is Clc1ccc2c(c1)nc(C1CCCCN1)n2C1CC1. The lowest BCUT2D eigenvalue weighted by Crippen LogP contribution is -2.29. The molecule has 2 aromatic rings. The first-order valence-electron chi connectivity index (χ1n) is 7.24. The molecule has 1 aromatic heterocycles. The highest BCUT2D eigenvalue weighted by molar-refractivity contribution is 6.31. The zero-order valence-electron chi connectivity index (χ0n) is 10.9. The molecule has 0 amide bonds. The molecule has 1 aliphatic carbocycles. The molecule has 1 unspecified atom stereocenters. The van der Waals surface area contributed by atoms with Crippen molar-refractivity contribution in [2.45, 2.75) is 44.2 Å². The molecule has 2 aliphatic rings. The normalized spacial score (nSPS) is 23.9. The van der Waals surface area contributed by atoms with E-state index in [4.69, 9.17) is 16.6 Å². The Kier molecular flexibility index (Phi) is 2.78. The summed E-state index contributed by atoms with van der Waals surface area (Å²) in [5.74, 6) is 1.22. The monoisotopic (exact) mass is 275 g/mol. The second-order valence-corrected chi connectivity index (χ2v) is 6.14. The van der Waals surface area contributed by atoms with Gasteiger partial charge in [0.15, 0.2) is 0 Å². The Labute approximate surface area is 118 Å². The summed E-state index contributed by atoms with van der Waals surface area (Å²) in [7, 11) is 0. The Hall–Kier alpha value is -1.06. The Morgan fingerprint density at radius 2 is 2.11 bits per heavy atom. The maximum absolute atomic E-state index is 6.10. The maximum Gasteiger partial charge on any atom is 0.127 e. The van der Waals surface area contributed by atoms with Crippen LogP contribution >= 0.6 is 11.6 Å². The number of nitrogens with one attached hydrogen (secondary N) is 1. The van der Waals surface area contributed by atoms with Gasteiger partial charge in [0.05, 0.1) is 17.1 Å². The van der Waals surface area contributed by atoms with Gasteiger partial charge in [0, 0.05) is 11.1 Å². The first-order valence-corrected chi connectivity index (χ1v) is 7.61. The van der Waals surface area contributed by atoms with Crippen LogP contribution < -0.4 is 5.32 Å². The van der Waals surface area contributed by atoms with Crippen molar-refractivity contribution in [2.24, 2.45) is 0 Å². The fourth-order valence-corrected chi connectivity index (χ4v) is 3.29. The van der Waals surface area contributed by atoms with Gasteiger partial charge in [-0.25, -0.2) is 4.98 Å². The molecule has 0 spiro atoms. The lowest BCUT2D eigenvalue weighted by molar-refractivity contribution is 0.387. The van der Waals surface area contributed by atoms with Crippen LogP contribution in [0.25, 0.3) is 11.0 Å². The molecular weight excluding hydrogens is 258 g/mol. The third-order valence-electron chi connectivity index (χ3n) is 4.21. The number of hydrogen-bond donors (Lipinski definition) is 1. The molecule has 1 atom stereocenters. The van der Waals surface area contributed by atoms with E-state index in [1.165, 1.54) is 43.4 Å². The van der Waals surface area contributed by atoms with Crippen LogP contribution in [0, 0.1) is 0 Å². The van der Waals surface area contributed by atoms with Crippen LogP contribution in [0.3, 0.4) is 0 Å². The molecule has 4 heteroatoms. The van der Waals surface area contributed by atoms with Gasteiger partial charge in [0.1, 0.15) is 5.82 Å². The number of hydrogen-bond acceptors (Lipinski definition) is 2. The molecule has 4 rings (SSSR count). The van der Waals surface area contributed by atoms with Crippen molar-refractivity contribution in [1.29, 1.82) is 0 Å². The van der Waals surface area contributed by atoms with E-state index in [1.54, 1.807) is 0 Å². The van der Waals surface area contributed by atoms with Crippen molar-refractivity contribution in [3.63, 3.8) is 0 Å². The molecule has 1 aromatic carbocycles. The van der Waals surface area contributed by atoms with E-state index < -0.39 is 0 Å². The summed E-state index contributed by atoms with van der Waals surface area (Å²) in [6, 6.07) is 7.16. The van der Waals surface area contributed by atoms with Crippen molar-refractivity contribution in [3.05, 3.63) is 29.0 Å². The van der Waals surface area contributed by atoms with Crippen molar-refractivity contribution in [3.8, 4) is 0 Å². The zero-order chi connectivity index (χ0) is 12.8. The molecule has 0 radical (unpaired) electrons. The van der Waals surface area contributed by atoms with E-state index >= 15 is 0 Å². The van der Waals surface area contributed by atoms with E-state index in [9.17, 15) is 0 Å². The molecule has 2 fully saturated rings. The van der Waals surface area contributed by atoms with Crippen LogP contribution in [0.15, 0.2) is 18.2 Å². The summed E-state index contributed by atoms with van der Waals surface area (Å²) in [6.45, 7) is 1.11. The van der Waals surface area contributed by atoms with Crippen LogP contribution in [0.5, 0.6) is 0 Å². The topological polar surface area (TPSA) is 29.9 Å². The van der Waals surface area contributed by atoms with Crippen LogP contribution in [0.4, 0.5) is 0 Å². The van der Waals surface area contributed by atoms with E-state index in [1.807, 2.05) is 12.1 Å². The molecule has 1 saturated heterocycles. The highest BCUT2D eigenvalue weighted by Crippen LogP contribution is 2.41. The number of imidazole rings is 1. The quantitative estimate of drug-likeness (QED) is 0.902. The summed E-state index contributed by atoms with van der Waals surface area (Å²) in [5, 5.41) is 4.39. The average molecular weight is 276 g/mol. The number of rotatable bonds is 2. The second kappa shape index (κ2) is 4.50. The standard InChI is InChI=1S/C15H18ClN3/c16-10-4-7-14-13(9-10)18-15(19(14)11-5-6-11)12-3-1-2-8-17-12/h4,7,9,11-12,17H,1-3,5-6,8H2. The Balaban J connectivity index is 1.85. The fraction of sp³-hybridized carbons (Fsp3) is 0.533. The van der Waals surface area contributed by atoms with Gasteiger partial charge >= 0.3 is 0 Å². The average Bonchev–Trinajstić information content (AvgIpc) is 3.20. The Morgan fingerprint density at radius 3 is 2.84 bits per heavy atom. The van der Waals surface area contributed by atoms with Crippen molar-refractivity contribution in [1.82, 2.24) is 14.9 Å². The second-order valence-electron chi connectivity index (χ2n) is 5.71. The van der Waals surface area contributed by atoms with Crippen molar-refractivity contribution in [2.75, 3.05) is 6.54 Å². The number of benzene rings is 1. The van der Waals surface area contributed by atoms with Gasteiger partial charge in [0.25, 0.3) is 0 Å². The summed E-state index contributed by atoms with van der Waals surface area (Å²) in [4.78, 5) is 4.87. The number of nitrogens with zero attached hydrogens (tertiary/aromatic N) is 2. The summed E-state index contributed by atoms with van der Waals surface area (Å²) >= 11 is 6.10. The molecular formula is C15H18ClN3. The predicted octanol–water partition coefficient (Wildman–Crippen LogP) is 3.84. The Bertz CT molecular complexity index is 609. The van der Waals surface area contributed by atoms with Crippen molar-refractivity contribution >= 4 is 22.6 Å². The number of halogens is 1. The highest BCUT2D eigenvalue weighted by atomic mass is 35.5. The van der Waals surface area contributed by atoms with Crippen molar-refractivity contribution < 1.29 is 0 Å². The molecule has 1 N–H and O–H groups in total. The predicted molar refractivity (Wildman–Crippen MR) is 77.6 cm³/mol. The first-order chi connectivity index (χ1) is 9.33. The largest absolute Gasteiger partial charge is 0.324 e. The lowest BCUT2D eigenvalue weighted by atomic mass is 10.0. The molecule has 100 valence electrons. The van der Waals surface area contributed by atoms with Gasteiger partial charge in [0.2, 0.25) is 0 Å². The lowest BCUT2D eigenvalue weighted by Gasteiger charge is -2.24. The number of piperidine rings is 1. The van der Waals surface area contributed by atoms with Gasteiger partial charge in [-0.1, -0.05) is 18.0 Å². The van der Waals surface area contributed by atoms with Crippen LogP contribution in [-0.4, -0.2) is 16.1 Å². The summed E-state index contributed by atoms with van der Waals surface area (Å²) < 4.78 is 2.45. The van der Waals surface area contributed by atoms with Gasteiger partial charge in [-0.15, -0.1) is 0 Å². The smallest absolute Gasteiger partial charge is 0.127 e. The van der Waals surface area contributed by atoms with E-state index in [-0.39, 0.29) is 0 Å². The highest BCUT2D eigenvalue weighted by Gasteiger charge is 2.31. The summed E-state index contributed by atoms with van der Waals surface area (Å²) in [6.07, 6.45) is 6.35. The van der Waals surface area contributed by atoms with Gasteiger partial charge in [-0.3, -0.25) is 0 Å². The minimum Gasteiger partial charge on any atom is -0.324 e. The minimum atomic E-state index is 0.417. The molecule has 2 heterocycles. The van der Waals surface area contributed by atoms with E-state index in [0.717, 1.165) is 17.1 Å². The maximum atomic E-state index is 6.10. The first kappa shape index (κ1) is 11.7. The van der Waals surface area contributed by atoms with Gasteiger partial charge < -0.3 is 9.88 Å². The fourth-order valence-electron chi connectivity index (χ4n) is 3.13. The van der Waals surface area contributed by atoms with E-state index in [0.29, 0.717) is 12.1 Å². The summed E-state index contributed by atoms with van der Waals surface area (Å²) in [5.41, 5.74) is 2.29. The van der Waals surface area contributed by atoms with Gasteiger partial charge in [-0.2, -0.15) is 0 Å². The molecule has 1 aliphatic heterocycles. The molecule has 3 nitrogen and oxygen atoms in total. The van der Waals surface area contributed by atoms with Crippen LogP contribution in [-0.2, 0) is 0 Å². The van der Waals surface area contributed by atoms with E-state index in [2.05, 4.69) is 16.0 Å². The number of aromatic nitrogens is 2. The molecule has 19 heavy (non-hydrogen) atoms. The third-order valence-corrected chi connectivity index (χ3v) is 4.45. The van der Waals surface area contributed by atoms with Crippen LogP contribution in [0.1, 0.15) is 50.0 Å². The Morgan fingerprint density at radius 1 is 1.21 bits per heavy atom. The minimum absolute atomic E-state index is 0.417. The van der Waals surface area contributed by atoms with Crippen LogP contribution in [0.2, 0.25) is 5.02 Å². The third kappa shape index (κ3) is 2.05. The zero-order valence-corrected chi connectivity index (χ0v) is 11.7. The van der Waals surface area contributed by atoms with Gasteiger partial charge in [-0.05, 0) is 50.4 Å².